The molecule has 2 fully saturated rings. The Morgan fingerprint density at radius 1 is 1.18 bits per heavy atom. The van der Waals surface area contributed by atoms with Gasteiger partial charge in [0.1, 0.15) is 17.1 Å². The van der Waals surface area contributed by atoms with Gasteiger partial charge in [-0.05, 0) is 38.6 Å². The van der Waals surface area contributed by atoms with Crippen LogP contribution in [0, 0.1) is 0 Å². The molecular formula is C30H38N8O2. The number of anilines is 4. The number of aliphatic imine (C=N–C) groups is 1. The molecule has 0 radical (unpaired) electrons. The van der Waals surface area contributed by atoms with E-state index in [4.69, 9.17) is 14.7 Å². The van der Waals surface area contributed by atoms with Crippen LogP contribution in [0.4, 0.5) is 28.8 Å². The van der Waals surface area contributed by atoms with Crippen molar-refractivity contribution in [2.75, 3.05) is 75.6 Å². The minimum Gasteiger partial charge on any atom is -0.494 e. The molecular weight excluding hydrogens is 504 g/mol. The van der Waals surface area contributed by atoms with Gasteiger partial charge in [-0.2, -0.15) is 4.98 Å². The van der Waals surface area contributed by atoms with E-state index in [9.17, 15) is 4.79 Å². The Morgan fingerprint density at radius 2 is 1.98 bits per heavy atom. The van der Waals surface area contributed by atoms with Crippen LogP contribution in [0.25, 0.3) is 0 Å². The number of aromatic nitrogens is 2. The van der Waals surface area contributed by atoms with Gasteiger partial charge < -0.3 is 30.1 Å². The Bertz CT molecular complexity index is 1330. The molecule has 0 saturated carbocycles. The second kappa shape index (κ2) is 12.9. The van der Waals surface area contributed by atoms with Gasteiger partial charge in [0.2, 0.25) is 5.95 Å². The highest BCUT2D eigenvalue weighted by atomic mass is 16.5. The summed E-state index contributed by atoms with van der Waals surface area (Å²) in [5.41, 5.74) is 3.54. The molecule has 10 heteroatoms. The number of methoxy groups -OCH3 is 1. The molecule has 1 atom stereocenters. The van der Waals surface area contributed by atoms with E-state index < -0.39 is 0 Å². The van der Waals surface area contributed by atoms with Crippen LogP contribution in [0.15, 0.2) is 59.7 Å². The first-order chi connectivity index (χ1) is 19.6. The van der Waals surface area contributed by atoms with E-state index in [1.807, 2.05) is 49.5 Å². The van der Waals surface area contributed by atoms with Crippen molar-refractivity contribution in [3.05, 3.63) is 60.3 Å². The van der Waals surface area contributed by atoms with Crippen LogP contribution in [-0.2, 0) is 4.79 Å². The number of piperazine rings is 1. The molecule has 0 amide bonds. The zero-order valence-corrected chi connectivity index (χ0v) is 23.5. The Morgan fingerprint density at radius 3 is 2.70 bits per heavy atom. The second-order valence-electron chi connectivity index (χ2n) is 10.3. The lowest BCUT2D eigenvalue weighted by molar-refractivity contribution is -0.102. The zero-order valence-electron chi connectivity index (χ0n) is 23.5. The van der Waals surface area contributed by atoms with Crippen LogP contribution in [-0.4, -0.2) is 93.4 Å². The number of aldehydes is 1. The summed E-state index contributed by atoms with van der Waals surface area (Å²) in [5.74, 6) is 1.83. The van der Waals surface area contributed by atoms with Gasteiger partial charge in [0.25, 0.3) is 0 Å². The number of carbonyl (C=O) groups excluding carboxylic acids is 1. The predicted octanol–water partition coefficient (Wildman–Crippen LogP) is 3.49. The number of piperidine rings is 1. The SMILES string of the molecule is COc1cc(N2CCNCC2)ccc1Nc1ncc(/N=C(\C=O)c2ccccc2)c(N(C)[C@@H]2CCCN(C)C2)n1. The van der Waals surface area contributed by atoms with Crippen LogP contribution in [0.5, 0.6) is 5.75 Å². The van der Waals surface area contributed by atoms with E-state index in [-0.39, 0.29) is 6.04 Å². The first kappa shape index (κ1) is 27.5. The van der Waals surface area contributed by atoms with Crippen LogP contribution in [0.2, 0.25) is 0 Å². The van der Waals surface area contributed by atoms with Crippen LogP contribution in [0.1, 0.15) is 18.4 Å². The molecule has 2 aromatic carbocycles. The van der Waals surface area contributed by atoms with Crippen LogP contribution in [0.3, 0.4) is 0 Å². The predicted molar refractivity (Wildman–Crippen MR) is 161 cm³/mol. The van der Waals surface area contributed by atoms with Crippen LogP contribution >= 0.6 is 0 Å². The summed E-state index contributed by atoms with van der Waals surface area (Å²) in [6.45, 7) is 5.85. The van der Waals surface area contributed by atoms with Crippen molar-refractivity contribution in [2.24, 2.45) is 4.99 Å². The number of rotatable bonds is 9. The zero-order chi connectivity index (χ0) is 27.9. The van der Waals surface area contributed by atoms with E-state index in [0.717, 1.165) is 81.1 Å². The van der Waals surface area contributed by atoms with E-state index in [1.165, 1.54) is 0 Å². The van der Waals surface area contributed by atoms with Crippen molar-refractivity contribution in [3.8, 4) is 5.75 Å². The standard InChI is InChI=1S/C30H38N8O2/c1-36-15-7-10-24(20-36)37(2)29-26(33-27(21-39)22-8-5-4-6-9-22)19-32-30(35-29)34-25-12-11-23(18-28(25)40-3)38-16-13-31-14-17-38/h4-6,8-9,11-12,18-19,21,24,31H,7,10,13-17,20H2,1-3H3,(H,32,34,35)/b33-27+/t24-/m1/s1. The highest BCUT2D eigenvalue weighted by Crippen LogP contribution is 2.34. The quantitative estimate of drug-likeness (QED) is 0.311. The Labute approximate surface area is 236 Å². The van der Waals surface area contributed by atoms with Crippen LogP contribution < -0.4 is 25.2 Å². The number of benzene rings is 2. The highest BCUT2D eigenvalue weighted by molar-refractivity contribution is 6.36. The molecule has 3 heterocycles. The summed E-state index contributed by atoms with van der Waals surface area (Å²) in [5, 5.41) is 6.74. The third kappa shape index (κ3) is 6.40. The van der Waals surface area contributed by atoms with Gasteiger partial charge in [-0.3, -0.25) is 4.79 Å². The molecule has 10 nitrogen and oxygen atoms in total. The number of ether oxygens (including phenoxy) is 1. The van der Waals surface area contributed by atoms with Crippen molar-refractivity contribution in [1.82, 2.24) is 20.2 Å². The van der Waals surface area contributed by atoms with Gasteiger partial charge in [0.05, 0.1) is 19.0 Å². The van der Waals surface area contributed by atoms with Crippen molar-refractivity contribution in [3.63, 3.8) is 0 Å². The molecule has 3 aromatic rings. The summed E-state index contributed by atoms with van der Waals surface area (Å²) in [4.78, 5) is 33.1. The lowest BCUT2D eigenvalue weighted by Gasteiger charge is -2.36. The Kier molecular flexibility index (Phi) is 8.87. The van der Waals surface area contributed by atoms with Gasteiger partial charge in [-0.15, -0.1) is 0 Å². The third-order valence-corrected chi connectivity index (χ3v) is 7.57. The normalized spacial score (nSPS) is 18.3. The summed E-state index contributed by atoms with van der Waals surface area (Å²) in [7, 11) is 5.85. The van der Waals surface area contributed by atoms with Crippen molar-refractivity contribution in [1.29, 1.82) is 0 Å². The fraction of sp³-hybridized carbons (Fsp3) is 0.400. The number of hydrogen-bond acceptors (Lipinski definition) is 10. The summed E-state index contributed by atoms with van der Waals surface area (Å²) in [6.07, 6.45) is 4.63. The van der Waals surface area contributed by atoms with Gasteiger partial charge in [0, 0.05) is 63.1 Å². The molecule has 2 aliphatic rings. The van der Waals surface area contributed by atoms with Gasteiger partial charge >= 0.3 is 0 Å². The van der Waals surface area contributed by atoms with Gasteiger partial charge in [0.15, 0.2) is 12.1 Å². The molecule has 2 saturated heterocycles. The Hall–Kier alpha value is -4.02. The molecule has 0 bridgehead atoms. The molecule has 0 unspecified atom stereocenters. The maximum Gasteiger partial charge on any atom is 0.229 e. The van der Waals surface area contributed by atoms with Gasteiger partial charge in [-0.25, -0.2) is 9.98 Å². The Balaban J connectivity index is 1.48. The topological polar surface area (TPSA) is 98.2 Å². The van der Waals surface area contributed by atoms with Gasteiger partial charge in [-0.1, -0.05) is 30.3 Å². The van der Waals surface area contributed by atoms with E-state index >= 15 is 0 Å². The number of hydrogen-bond donors (Lipinski definition) is 2. The lowest BCUT2D eigenvalue weighted by Crippen LogP contribution is -2.45. The number of nitrogens with zero attached hydrogens (tertiary/aromatic N) is 6. The third-order valence-electron chi connectivity index (χ3n) is 7.57. The monoisotopic (exact) mass is 542 g/mol. The summed E-state index contributed by atoms with van der Waals surface area (Å²) in [6, 6.07) is 15.9. The highest BCUT2D eigenvalue weighted by Gasteiger charge is 2.25. The maximum atomic E-state index is 12.0. The molecule has 40 heavy (non-hydrogen) atoms. The number of likely N-dealkylation sites (N-methyl/N-ethyl adjacent to an activating group) is 2. The van der Waals surface area contributed by atoms with Crippen molar-refractivity contribution < 1.29 is 9.53 Å². The average Bonchev–Trinajstić information content (AvgIpc) is 3.01. The molecule has 0 aliphatic carbocycles. The first-order valence-electron chi connectivity index (χ1n) is 13.8. The van der Waals surface area contributed by atoms with E-state index in [2.05, 4.69) is 43.4 Å². The fourth-order valence-electron chi connectivity index (χ4n) is 5.31. The fourth-order valence-corrected chi connectivity index (χ4v) is 5.31. The van der Waals surface area contributed by atoms with E-state index in [1.54, 1.807) is 13.3 Å². The maximum absolute atomic E-state index is 12.0. The number of nitrogens with one attached hydrogen (secondary N) is 2. The molecule has 5 rings (SSSR count). The summed E-state index contributed by atoms with van der Waals surface area (Å²) >= 11 is 0. The smallest absolute Gasteiger partial charge is 0.229 e. The summed E-state index contributed by atoms with van der Waals surface area (Å²) < 4.78 is 5.74. The largest absolute Gasteiger partial charge is 0.494 e. The molecule has 1 aromatic heterocycles. The molecule has 2 N–H and O–H groups in total. The van der Waals surface area contributed by atoms with E-state index in [0.29, 0.717) is 23.2 Å². The minimum absolute atomic E-state index is 0.264. The minimum atomic E-state index is 0.264. The number of carbonyl (C=O) groups is 1. The number of likely N-dealkylation sites (tertiary alicyclic amines) is 1. The second-order valence-corrected chi connectivity index (χ2v) is 10.3. The first-order valence-corrected chi connectivity index (χ1v) is 13.8. The molecule has 2 aliphatic heterocycles. The van der Waals surface area contributed by atoms with Crippen molar-refractivity contribution in [2.45, 2.75) is 18.9 Å². The lowest BCUT2D eigenvalue weighted by atomic mass is 10.1. The average molecular weight is 543 g/mol. The van der Waals surface area contributed by atoms with Crippen molar-refractivity contribution >= 4 is 40.8 Å². The molecule has 0 spiro atoms. The molecule has 210 valence electrons.